The van der Waals surface area contributed by atoms with Gasteiger partial charge in [-0.05, 0) is 31.2 Å². The van der Waals surface area contributed by atoms with Crippen LogP contribution < -0.4 is 0 Å². The zero-order valence-electron chi connectivity index (χ0n) is 8.99. The summed E-state index contributed by atoms with van der Waals surface area (Å²) in [6.07, 6.45) is 0.776. The topological polar surface area (TPSA) is 69.2 Å². The Bertz CT molecular complexity index is 483. The minimum Gasteiger partial charge on any atom is -0.481 e. The van der Waals surface area contributed by atoms with E-state index >= 15 is 0 Å². The molecule has 1 aromatic rings. The van der Waals surface area contributed by atoms with Crippen molar-refractivity contribution in [2.45, 2.75) is 19.4 Å². The Hall–Kier alpha value is -1.27. The largest absolute Gasteiger partial charge is 0.481 e. The standard InChI is InChI=1S/C10H13N3O2S/c1-13-3-2-6-7(4-9(14)15)11-10(16)12-8(6)5-13/h2-5H2,1H3,(H,14,15)(H,11,12,16). The summed E-state index contributed by atoms with van der Waals surface area (Å²) in [5.41, 5.74) is 2.64. The zero-order valence-corrected chi connectivity index (χ0v) is 9.80. The maximum atomic E-state index is 10.7. The van der Waals surface area contributed by atoms with Crippen molar-refractivity contribution in [1.29, 1.82) is 0 Å². The first-order chi connectivity index (χ1) is 7.56. The molecule has 0 aliphatic carbocycles. The fourth-order valence-electron chi connectivity index (χ4n) is 1.97. The van der Waals surface area contributed by atoms with E-state index in [1.54, 1.807) is 0 Å². The van der Waals surface area contributed by atoms with E-state index in [1.165, 1.54) is 0 Å². The molecule has 0 amide bonds. The Morgan fingerprint density at radius 2 is 2.44 bits per heavy atom. The van der Waals surface area contributed by atoms with E-state index in [9.17, 15) is 4.79 Å². The molecule has 0 fully saturated rings. The average Bonchev–Trinajstić information content (AvgIpc) is 2.15. The monoisotopic (exact) mass is 239 g/mol. The second-order valence-electron chi connectivity index (χ2n) is 4.00. The van der Waals surface area contributed by atoms with Gasteiger partial charge in [-0.25, -0.2) is 4.98 Å². The number of likely N-dealkylation sites (N-methyl/N-ethyl adjacent to an activating group) is 1. The number of H-pyrrole nitrogens is 1. The van der Waals surface area contributed by atoms with Gasteiger partial charge in [0.05, 0.1) is 12.1 Å². The van der Waals surface area contributed by atoms with E-state index in [4.69, 9.17) is 17.3 Å². The van der Waals surface area contributed by atoms with Crippen molar-refractivity contribution < 1.29 is 9.90 Å². The van der Waals surface area contributed by atoms with Crippen LogP contribution >= 0.6 is 12.2 Å². The molecule has 0 radical (unpaired) electrons. The molecular formula is C10H13N3O2S. The van der Waals surface area contributed by atoms with E-state index in [0.29, 0.717) is 10.5 Å². The molecule has 2 rings (SSSR count). The van der Waals surface area contributed by atoms with Crippen LogP contribution in [-0.4, -0.2) is 39.5 Å². The van der Waals surface area contributed by atoms with Crippen LogP contribution in [0.4, 0.5) is 0 Å². The number of nitrogens with one attached hydrogen (secondary N) is 1. The van der Waals surface area contributed by atoms with Crippen LogP contribution in [0.5, 0.6) is 0 Å². The first-order valence-electron chi connectivity index (χ1n) is 5.07. The molecule has 0 bridgehead atoms. The number of hydrogen-bond acceptors (Lipinski definition) is 4. The Kier molecular flexibility index (Phi) is 3.02. The van der Waals surface area contributed by atoms with Crippen LogP contribution in [-0.2, 0) is 24.2 Å². The lowest BCUT2D eigenvalue weighted by Gasteiger charge is -2.25. The molecule has 0 saturated heterocycles. The normalized spacial score (nSPS) is 15.8. The number of carboxylic acid groups (broad SMARTS) is 1. The number of hydrogen-bond donors (Lipinski definition) is 2. The Morgan fingerprint density at radius 3 is 3.12 bits per heavy atom. The van der Waals surface area contributed by atoms with Crippen molar-refractivity contribution in [3.63, 3.8) is 0 Å². The van der Waals surface area contributed by atoms with Gasteiger partial charge in [-0.3, -0.25) is 4.79 Å². The highest BCUT2D eigenvalue weighted by atomic mass is 32.1. The minimum atomic E-state index is -0.866. The van der Waals surface area contributed by atoms with Crippen LogP contribution in [0.25, 0.3) is 0 Å². The summed E-state index contributed by atoms with van der Waals surface area (Å²) in [6.45, 7) is 1.69. The number of carboxylic acids is 1. The predicted octanol–water partition coefficient (Wildman–Crippen LogP) is 0.754. The zero-order chi connectivity index (χ0) is 11.7. The number of aliphatic carboxylic acids is 1. The molecule has 1 aliphatic rings. The summed E-state index contributed by atoms with van der Waals surface area (Å²) in [6, 6.07) is 0. The molecule has 1 aromatic heterocycles. The molecule has 2 N–H and O–H groups in total. The van der Waals surface area contributed by atoms with Gasteiger partial charge in [-0.2, -0.15) is 0 Å². The van der Waals surface area contributed by atoms with Crippen molar-refractivity contribution in [1.82, 2.24) is 14.9 Å². The average molecular weight is 239 g/mol. The third-order valence-corrected chi connectivity index (χ3v) is 2.89. The van der Waals surface area contributed by atoms with Gasteiger partial charge < -0.3 is 15.0 Å². The highest BCUT2D eigenvalue weighted by Crippen LogP contribution is 2.18. The Balaban J connectivity index is 2.45. The van der Waals surface area contributed by atoms with Crippen molar-refractivity contribution in [3.8, 4) is 0 Å². The lowest BCUT2D eigenvalue weighted by Crippen LogP contribution is -2.29. The van der Waals surface area contributed by atoms with Crippen LogP contribution in [0.1, 0.15) is 17.0 Å². The third kappa shape index (κ3) is 2.28. The summed E-state index contributed by atoms with van der Waals surface area (Å²) in [4.78, 5) is 20.1. The molecule has 5 nitrogen and oxygen atoms in total. The maximum Gasteiger partial charge on any atom is 0.309 e. The van der Waals surface area contributed by atoms with Crippen molar-refractivity contribution in [2.24, 2.45) is 0 Å². The van der Waals surface area contributed by atoms with E-state index in [2.05, 4.69) is 14.9 Å². The highest BCUT2D eigenvalue weighted by Gasteiger charge is 2.19. The first-order valence-corrected chi connectivity index (χ1v) is 5.48. The van der Waals surface area contributed by atoms with Gasteiger partial charge in [0.25, 0.3) is 0 Å². The van der Waals surface area contributed by atoms with Gasteiger partial charge >= 0.3 is 5.97 Å². The molecule has 16 heavy (non-hydrogen) atoms. The molecule has 1 aliphatic heterocycles. The minimum absolute atomic E-state index is 0.0512. The van der Waals surface area contributed by atoms with Gasteiger partial charge in [0.15, 0.2) is 4.77 Å². The molecule has 0 unspecified atom stereocenters. The van der Waals surface area contributed by atoms with Gasteiger partial charge in [0, 0.05) is 18.8 Å². The second-order valence-corrected chi connectivity index (χ2v) is 4.39. The van der Waals surface area contributed by atoms with E-state index < -0.39 is 5.97 Å². The van der Waals surface area contributed by atoms with Gasteiger partial charge in [0.1, 0.15) is 0 Å². The number of nitrogens with zero attached hydrogens (tertiary/aromatic N) is 2. The predicted molar refractivity (Wildman–Crippen MR) is 60.8 cm³/mol. The van der Waals surface area contributed by atoms with Crippen LogP contribution in [0.2, 0.25) is 0 Å². The van der Waals surface area contributed by atoms with Gasteiger partial charge in [-0.1, -0.05) is 0 Å². The number of carbonyl (C=O) groups is 1. The molecule has 2 heterocycles. The maximum absolute atomic E-state index is 10.7. The molecular weight excluding hydrogens is 226 g/mol. The molecule has 0 saturated carbocycles. The van der Waals surface area contributed by atoms with E-state index in [1.807, 2.05) is 7.05 Å². The summed E-state index contributed by atoms with van der Waals surface area (Å²) in [5, 5.41) is 8.82. The smallest absolute Gasteiger partial charge is 0.309 e. The van der Waals surface area contributed by atoms with Crippen LogP contribution in [0.15, 0.2) is 0 Å². The molecule has 0 atom stereocenters. The molecule has 0 aromatic carbocycles. The van der Waals surface area contributed by atoms with E-state index in [0.717, 1.165) is 30.8 Å². The molecule has 0 spiro atoms. The third-order valence-electron chi connectivity index (χ3n) is 2.70. The number of aromatic amines is 1. The quantitative estimate of drug-likeness (QED) is 0.745. The Morgan fingerprint density at radius 1 is 1.69 bits per heavy atom. The van der Waals surface area contributed by atoms with Gasteiger partial charge in [-0.15, -0.1) is 0 Å². The lowest BCUT2D eigenvalue weighted by molar-refractivity contribution is -0.136. The molecule has 86 valence electrons. The van der Waals surface area contributed by atoms with Crippen molar-refractivity contribution in [3.05, 3.63) is 21.7 Å². The number of rotatable bonds is 2. The van der Waals surface area contributed by atoms with Gasteiger partial charge in [0.2, 0.25) is 0 Å². The summed E-state index contributed by atoms with van der Waals surface area (Å²) in [7, 11) is 2.02. The van der Waals surface area contributed by atoms with Crippen LogP contribution in [0, 0.1) is 4.77 Å². The summed E-state index contributed by atoms with van der Waals surface area (Å²) < 4.78 is 0.366. The fourth-order valence-corrected chi connectivity index (χ4v) is 2.20. The highest BCUT2D eigenvalue weighted by molar-refractivity contribution is 7.71. The first kappa shape index (κ1) is 11.2. The van der Waals surface area contributed by atoms with E-state index in [-0.39, 0.29) is 6.42 Å². The number of fused-ring (bicyclic) bond motifs is 1. The molecule has 6 heteroatoms. The van der Waals surface area contributed by atoms with Crippen molar-refractivity contribution in [2.75, 3.05) is 13.6 Å². The van der Waals surface area contributed by atoms with Crippen LogP contribution in [0.3, 0.4) is 0 Å². The fraction of sp³-hybridized carbons (Fsp3) is 0.500. The lowest BCUT2D eigenvalue weighted by atomic mass is 10.0. The SMILES string of the molecule is CN1CCc2c(CC(=O)O)nc(=S)[nH]c2C1. The van der Waals surface area contributed by atoms with Crippen molar-refractivity contribution >= 4 is 18.2 Å². The summed E-state index contributed by atoms with van der Waals surface area (Å²) >= 11 is 5.00. The Labute approximate surface area is 98.1 Å². The number of aromatic nitrogens is 2. The second kappa shape index (κ2) is 4.31. The summed E-state index contributed by atoms with van der Waals surface area (Å²) in [5.74, 6) is -0.866.